The number of methoxy groups -OCH3 is 1. The summed E-state index contributed by atoms with van der Waals surface area (Å²) in [5.74, 6) is 0.400. The number of benzene rings is 1. The predicted molar refractivity (Wildman–Crippen MR) is 100 cm³/mol. The van der Waals surface area contributed by atoms with Gasteiger partial charge < -0.3 is 15.4 Å². The van der Waals surface area contributed by atoms with Gasteiger partial charge in [-0.25, -0.2) is 4.79 Å². The molecule has 1 atom stereocenters. The Labute approximate surface area is 159 Å². The van der Waals surface area contributed by atoms with Crippen molar-refractivity contribution >= 4 is 17.8 Å². The highest BCUT2D eigenvalue weighted by Crippen LogP contribution is 2.19. The van der Waals surface area contributed by atoms with E-state index in [1.165, 1.54) is 11.3 Å². The molecule has 146 valence electrons. The van der Waals surface area contributed by atoms with E-state index in [4.69, 9.17) is 4.74 Å². The highest BCUT2D eigenvalue weighted by atomic mass is 16.5. The van der Waals surface area contributed by atoms with Crippen molar-refractivity contribution in [3.05, 3.63) is 29.8 Å². The molecular formula is C20H27N3O4. The van der Waals surface area contributed by atoms with Gasteiger partial charge >= 0.3 is 6.03 Å². The lowest BCUT2D eigenvalue weighted by atomic mass is 9.95. The maximum Gasteiger partial charge on any atom is 0.325 e. The monoisotopic (exact) mass is 373 g/mol. The molecule has 1 aliphatic heterocycles. The van der Waals surface area contributed by atoms with Crippen LogP contribution in [-0.2, 0) is 16.1 Å². The summed E-state index contributed by atoms with van der Waals surface area (Å²) in [6.07, 6.45) is 6.16. The quantitative estimate of drug-likeness (QED) is 0.718. The van der Waals surface area contributed by atoms with E-state index < -0.39 is 12.1 Å². The normalized spacial score (nSPS) is 20.5. The molecule has 7 heteroatoms. The second-order valence-corrected chi connectivity index (χ2v) is 7.22. The fraction of sp³-hybridized carbons (Fsp3) is 0.550. The number of urea groups is 1. The Kier molecular flexibility index (Phi) is 6.32. The minimum absolute atomic E-state index is 0.0439. The Hall–Kier alpha value is -2.57. The van der Waals surface area contributed by atoms with Crippen LogP contribution in [0.25, 0.3) is 0 Å². The fourth-order valence-electron chi connectivity index (χ4n) is 3.66. The van der Waals surface area contributed by atoms with Gasteiger partial charge in [0.05, 0.1) is 13.7 Å². The molecule has 2 aliphatic rings. The van der Waals surface area contributed by atoms with Crippen LogP contribution in [0.1, 0.15) is 50.5 Å². The molecule has 1 heterocycles. The largest absolute Gasteiger partial charge is 0.497 e. The van der Waals surface area contributed by atoms with Crippen molar-refractivity contribution in [1.29, 1.82) is 0 Å². The van der Waals surface area contributed by atoms with Crippen molar-refractivity contribution < 1.29 is 19.1 Å². The van der Waals surface area contributed by atoms with Crippen LogP contribution in [-0.4, -0.2) is 41.9 Å². The van der Waals surface area contributed by atoms with Crippen LogP contribution < -0.4 is 15.4 Å². The van der Waals surface area contributed by atoms with Crippen LogP contribution in [0.15, 0.2) is 24.3 Å². The van der Waals surface area contributed by atoms with E-state index in [0.717, 1.165) is 37.0 Å². The summed E-state index contributed by atoms with van der Waals surface area (Å²) in [6.45, 7) is 0.208. The van der Waals surface area contributed by atoms with E-state index >= 15 is 0 Å². The first-order valence-corrected chi connectivity index (χ1v) is 9.61. The molecule has 2 fully saturated rings. The van der Waals surface area contributed by atoms with E-state index in [9.17, 15) is 14.4 Å². The summed E-state index contributed by atoms with van der Waals surface area (Å²) in [5, 5.41) is 5.73. The molecular weight excluding hydrogens is 346 g/mol. The number of amides is 4. The molecule has 1 aliphatic carbocycles. The Bertz CT molecular complexity index is 683. The molecule has 1 aromatic carbocycles. The maximum absolute atomic E-state index is 12.5. The molecule has 1 saturated heterocycles. The van der Waals surface area contributed by atoms with Crippen molar-refractivity contribution in [2.24, 2.45) is 0 Å². The lowest BCUT2D eigenvalue weighted by Gasteiger charge is -2.22. The topological polar surface area (TPSA) is 87.7 Å². The summed E-state index contributed by atoms with van der Waals surface area (Å²) in [4.78, 5) is 38.0. The van der Waals surface area contributed by atoms with Crippen LogP contribution in [0, 0.1) is 0 Å². The van der Waals surface area contributed by atoms with Gasteiger partial charge in [-0.3, -0.25) is 14.5 Å². The van der Waals surface area contributed by atoms with E-state index in [-0.39, 0.29) is 30.8 Å². The molecule has 4 amide bonds. The second-order valence-electron chi connectivity index (χ2n) is 7.22. The first-order valence-electron chi connectivity index (χ1n) is 9.61. The molecule has 7 nitrogen and oxygen atoms in total. The van der Waals surface area contributed by atoms with Crippen LogP contribution in [0.2, 0.25) is 0 Å². The molecule has 3 rings (SSSR count). The Morgan fingerprint density at radius 3 is 2.56 bits per heavy atom. The molecule has 0 aromatic heterocycles. The highest BCUT2D eigenvalue weighted by molar-refractivity contribution is 6.04. The van der Waals surface area contributed by atoms with Crippen molar-refractivity contribution in [3.63, 3.8) is 0 Å². The number of imide groups is 1. The third-order valence-corrected chi connectivity index (χ3v) is 5.24. The van der Waals surface area contributed by atoms with Gasteiger partial charge in [-0.05, 0) is 37.0 Å². The smallest absolute Gasteiger partial charge is 0.325 e. The first-order chi connectivity index (χ1) is 13.1. The average molecular weight is 373 g/mol. The van der Waals surface area contributed by atoms with E-state index in [2.05, 4.69) is 10.6 Å². The van der Waals surface area contributed by atoms with E-state index in [1.807, 2.05) is 12.1 Å². The SMILES string of the molecule is COc1ccc(CN2C(=O)NC(CCC(=O)NC3CCCCC3)C2=O)cc1. The minimum atomic E-state index is -0.632. The molecule has 1 aromatic rings. The molecule has 0 spiro atoms. The van der Waals surface area contributed by atoms with Gasteiger partial charge in [-0.1, -0.05) is 31.4 Å². The number of hydrogen-bond acceptors (Lipinski definition) is 4. The highest BCUT2D eigenvalue weighted by Gasteiger charge is 2.37. The zero-order valence-corrected chi connectivity index (χ0v) is 15.7. The zero-order valence-electron chi connectivity index (χ0n) is 15.7. The molecule has 0 bridgehead atoms. The minimum Gasteiger partial charge on any atom is -0.497 e. The summed E-state index contributed by atoms with van der Waals surface area (Å²) in [6, 6.07) is 6.45. The molecule has 1 saturated carbocycles. The molecule has 1 unspecified atom stereocenters. The third kappa shape index (κ3) is 4.99. The third-order valence-electron chi connectivity index (χ3n) is 5.24. The van der Waals surface area contributed by atoms with E-state index in [1.54, 1.807) is 19.2 Å². The average Bonchev–Trinajstić information content (AvgIpc) is 2.95. The van der Waals surface area contributed by atoms with Crippen molar-refractivity contribution in [2.75, 3.05) is 7.11 Å². The van der Waals surface area contributed by atoms with E-state index in [0.29, 0.717) is 6.42 Å². The Balaban J connectivity index is 1.48. The zero-order chi connectivity index (χ0) is 19.2. The number of rotatable bonds is 7. The lowest BCUT2D eigenvalue weighted by molar-refractivity contribution is -0.128. The number of hydrogen-bond donors (Lipinski definition) is 2. The van der Waals surface area contributed by atoms with Crippen molar-refractivity contribution in [2.45, 2.75) is 63.6 Å². The second kappa shape index (κ2) is 8.88. The Morgan fingerprint density at radius 2 is 1.89 bits per heavy atom. The van der Waals surface area contributed by atoms with Gasteiger partial charge in [0.2, 0.25) is 5.91 Å². The summed E-state index contributed by atoms with van der Waals surface area (Å²) >= 11 is 0. The standard InChI is InChI=1S/C20H27N3O4/c1-27-16-9-7-14(8-10-16)13-23-19(25)17(22-20(23)26)11-12-18(24)21-15-5-3-2-4-6-15/h7-10,15,17H,2-6,11-13H2,1H3,(H,21,24)(H,22,26). The molecule has 2 N–H and O–H groups in total. The summed E-state index contributed by atoms with van der Waals surface area (Å²) < 4.78 is 5.11. The first kappa shape index (κ1) is 19.2. The number of carbonyl (C=O) groups is 3. The maximum atomic E-state index is 12.5. The Morgan fingerprint density at radius 1 is 1.19 bits per heavy atom. The van der Waals surface area contributed by atoms with Crippen molar-refractivity contribution in [3.8, 4) is 5.75 Å². The number of ether oxygens (including phenoxy) is 1. The fourth-order valence-corrected chi connectivity index (χ4v) is 3.66. The van der Waals surface area contributed by atoms with Gasteiger partial charge in [0.1, 0.15) is 11.8 Å². The number of carbonyl (C=O) groups excluding carboxylic acids is 3. The summed E-state index contributed by atoms with van der Waals surface area (Å²) in [5.41, 5.74) is 0.843. The van der Waals surface area contributed by atoms with Gasteiger partial charge in [0, 0.05) is 12.5 Å². The lowest BCUT2D eigenvalue weighted by Crippen LogP contribution is -2.37. The van der Waals surface area contributed by atoms with Crippen LogP contribution in [0.3, 0.4) is 0 Å². The van der Waals surface area contributed by atoms with Gasteiger partial charge in [0.25, 0.3) is 5.91 Å². The van der Waals surface area contributed by atoms with Gasteiger partial charge in [0.15, 0.2) is 0 Å². The molecule has 27 heavy (non-hydrogen) atoms. The van der Waals surface area contributed by atoms with Crippen LogP contribution in [0.5, 0.6) is 5.75 Å². The number of nitrogens with zero attached hydrogens (tertiary/aromatic N) is 1. The van der Waals surface area contributed by atoms with Crippen LogP contribution >= 0.6 is 0 Å². The number of nitrogens with one attached hydrogen (secondary N) is 2. The van der Waals surface area contributed by atoms with Crippen molar-refractivity contribution in [1.82, 2.24) is 15.5 Å². The van der Waals surface area contributed by atoms with Gasteiger partial charge in [-0.2, -0.15) is 0 Å². The van der Waals surface area contributed by atoms with Gasteiger partial charge in [-0.15, -0.1) is 0 Å². The predicted octanol–water partition coefficient (Wildman–Crippen LogP) is 2.34. The summed E-state index contributed by atoms with van der Waals surface area (Å²) in [7, 11) is 1.58. The molecule has 0 radical (unpaired) electrons. The van der Waals surface area contributed by atoms with Crippen LogP contribution in [0.4, 0.5) is 4.79 Å².